The normalized spacial score (nSPS) is 18.7. The van der Waals surface area contributed by atoms with Crippen molar-refractivity contribution in [3.63, 3.8) is 0 Å². The number of carboxylic acids is 1. The lowest BCUT2D eigenvalue weighted by molar-refractivity contribution is -0.138. The average Bonchev–Trinajstić information content (AvgIpc) is 2.52. The molecule has 0 aromatic heterocycles. The van der Waals surface area contributed by atoms with E-state index in [0.717, 1.165) is 25.0 Å². The summed E-state index contributed by atoms with van der Waals surface area (Å²) in [6, 6.07) is 4.18. The lowest BCUT2D eigenvalue weighted by Gasteiger charge is -2.32. The fourth-order valence-electron chi connectivity index (χ4n) is 2.80. The Balaban J connectivity index is 2.00. The molecule has 7 heteroatoms. The number of piperidine rings is 1. The van der Waals surface area contributed by atoms with Gasteiger partial charge in [-0.25, -0.2) is 0 Å². The summed E-state index contributed by atoms with van der Waals surface area (Å²) in [5, 5.41) is 8.72. The second kappa shape index (κ2) is 7.02. The third kappa shape index (κ3) is 4.71. The summed E-state index contributed by atoms with van der Waals surface area (Å²) in [7, 11) is 0. The van der Waals surface area contributed by atoms with E-state index in [-0.39, 0.29) is 23.8 Å². The Bertz CT molecular complexity index is 569. The van der Waals surface area contributed by atoms with Gasteiger partial charge in [-0.3, -0.25) is 9.59 Å². The van der Waals surface area contributed by atoms with E-state index in [1.165, 1.54) is 12.1 Å². The fourth-order valence-corrected chi connectivity index (χ4v) is 2.80. The largest absolute Gasteiger partial charge is 0.481 e. The minimum Gasteiger partial charge on any atom is -0.481 e. The summed E-state index contributed by atoms with van der Waals surface area (Å²) in [4.78, 5) is 24.6. The van der Waals surface area contributed by atoms with Gasteiger partial charge in [-0.1, -0.05) is 0 Å². The molecule has 0 unspecified atom stereocenters. The van der Waals surface area contributed by atoms with Crippen LogP contribution in [-0.4, -0.2) is 35.0 Å². The number of carboxylic acid groups (broad SMARTS) is 1. The maximum atomic E-state index is 12.5. The van der Waals surface area contributed by atoms with Crippen molar-refractivity contribution in [3.05, 3.63) is 35.4 Å². The molecule has 1 atom stereocenters. The fraction of sp³-hybridized carbons (Fsp3) is 0.500. The molecule has 0 saturated carbocycles. The number of rotatable bonds is 4. The number of nitrogens with zero attached hydrogens (tertiary/aromatic N) is 1. The molecule has 1 aromatic carbocycles. The number of carbonyl (C=O) groups is 2. The van der Waals surface area contributed by atoms with E-state index in [1.807, 2.05) is 0 Å². The molecule has 1 aromatic rings. The number of amides is 1. The van der Waals surface area contributed by atoms with Gasteiger partial charge in [0.2, 0.25) is 0 Å². The molecule has 1 amide bonds. The molecule has 1 fully saturated rings. The summed E-state index contributed by atoms with van der Waals surface area (Å²) < 4.78 is 37.6. The van der Waals surface area contributed by atoms with Gasteiger partial charge in [0.05, 0.1) is 5.56 Å². The standard InChI is InChI=1S/C16H18F3NO3/c17-16(18,19)13-6-4-12(5-7-13)15(23)20-9-1-2-11(10-20)3-8-14(21)22/h4-7,11H,1-3,8-10H2,(H,21,22)/t11-/m0/s1. The van der Waals surface area contributed by atoms with E-state index in [2.05, 4.69) is 0 Å². The highest BCUT2D eigenvalue weighted by Gasteiger charge is 2.31. The number of carbonyl (C=O) groups excluding carboxylic acids is 1. The van der Waals surface area contributed by atoms with E-state index in [9.17, 15) is 22.8 Å². The minimum atomic E-state index is -4.42. The van der Waals surface area contributed by atoms with Crippen LogP contribution in [0.1, 0.15) is 41.6 Å². The maximum absolute atomic E-state index is 12.5. The van der Waals surface area contributed by atoms with Crippen LogP contribution in [0.5, 0.6) is 0 Å². The van der Waals surface area contributed by atoms with E-state index in [1.54, 1.807) is 4.90 Å². The SMILES string of the molecule is O=C(O)CC[C@@H]1CCCN(C(=O)c2ccc(C(F)(F)F)cc2)C1. The molecule has 0 radical (unpaired) electrons. The van der Waals surface area contributed by atoms with Crippen molar-refractivity contribution in [2.45, 2.75) is 31.9 Å². The Morgan fingerprint density at radius 2 is 1.87 bits per heavy atom. The first-order chi connectivity index (χ1) is 10.8. The summed E-state index contributed by atoms with van der Waals surface area (Å²) in [6.45, 7) is 0.997. The molecular formula is C16H18F3NO3. The van der Waals surface area contributed by atoms with E-state index in [4.69, 9.17) is 5.11 Å². The number of hydrogen-bond donors (Lipinski definition) is 1. The van der Waals surface area contributed by atoms with Crippen LogP contribution in [0.25, 0.3) is 0 Å². The predicted octanol–water partition coefficient (Wildman–Crippen LogP) is 3.42. The van der Waals surface area contributed by atoms with E-state index >= 15 is 0 Å². The van der Waals surface area contributed by atoms with Gasteiger partial charge < -0.3 is 10.0 Å². The van der Waals surface area contributed by atoms with Crippen molar-refractivity contribution >= 4 is 11.9 Å². The van der Waals surface area contributed by atoms with Crippen molar-refractivity contribution in [2.75, 3.05) is 13.1 Å². The van der Waals surface area contributed by atoms with Crippen molar-refractivity contribution < 1.29 is 27.9 Å². The molecule has 0 aliphatic carbocycles. The molecule has 0 spiro atoms. The maximum Gasteiger partial charge on any atom is 0.416 e. The number of halogens is 3. The number of aliphatic carboxylic acids is 1. The van der Waals surface area contributed by atoms with Crippen LogP contribution in [0, 0.1) is 5.92 Å². The Labute approximate surface area is 131 Å². The summed E-state index contributed by atoms with van der Waals surface area (Å²) in [5.41, 5.74) is -0.566. The van der Waals surface area contributed by atoms with Crippen molar-refractivity contribution in [3.8, 4) is 0 Å². The zero-order valence-electron chi connectivity index (χ0n) is 12.5. The predicted molar refractivity (Wildman–Crippen MR) is 76.9 cm³/mol. The monoisotopic (exact) mass is 329 g/mol. The van der Waals surface area contributed by atoms with Gasteiger partial charge in [-0.2, -0.15) is 13.2 Å². The lowest BCUT2D eigenvalue weighted by Crippen LogP contribution is -2.40. The minimum absolute atomic E-state index is 0.0625. The lowest BCUT2D eigenvalue weighted by atomic mass is 9.93. The smallest absolute Gasteiger partial charge is 0.416 e. The molecule has 1 saturated heterocycles. The average molecular weight is 329 g/mol. The van der Waals surface area contributed by atoms with Crippen molar-refractivity contribution in [1.29, 1.82) is 0 Å². The molecule has 2 rings (SSSR count). The molecule has 0 bridgehead atoms. The van der Waals surface area contributed by atoms with Crippen molar-refractivity contribution in [2.24, 2.45) is 5.92 Å². The van der Waals surface area contributed by atoms with Crippen LogP contribution in [0.15, 0.2) is 24.3 Å². The number of hydrogen-bond acceptors (Lipinski definition) is 2. The molecule has 1 N–H and O–H groups in total. The van der Waals surface area contributed by atoms with Gasteiger partial charge in [0.25, 0.3) is 5.91 Å². The first-order valence-corrected chi connectivity index (χ1v) is 7.45. The molecule has 1 heterocycles. The van der Waals surface area contributed by atoms with Gasteiger partial charge in [0.1, 0.15) is 0 Å². The Morgan fingerprint density at radius 3 is 2.43 bits per heavy atom. The van der Waals surface area contributed by atoms with Crippen LogP contribution in [-0.2, 0) is 11.0 Å². The Kier molecular flexibility index (Phi) is 5.28. The highest BCUT2D eigenvalue weighted by atomic mass is 19.4. The van der Waals surface area contributed by atoms with Crippen LogP contribution < -0.4 is 0 Å². The molecule has 4 nitrogen and oxygen atoms in total. The molecule has 23 heavy (non-hydrogen) atoms. The second-order valence-corrected chi connectivity index (χ2v) is 5.77. The topological polar surface area (TPSA) is 57.6 Å². The number of alkyl halides is 3. The third-order valence-corrected chi connectivity index (χ3v) is 4.03. The van der Waals surface area contributed by atoms with E-state index < -0.39 is 17.7 Å². The molecular weight excluding hydrogens is 311 g/mol. The zero-order chi connectivity index (χ0) is 17.0. The van der Waals surface area contributed by atoms with Crippen LogP contribution in [0.3, 0.4) is 0 Å². The van der Waals surface area contributed by atoms with Gasteiger partial charge in [0, 0.05) is 25.1 Å². The van der Waals surface area contributed by atoms with E-state index in [0.29, 0.717) is 19.5 Å². The molecule has 1 aliphatic rings. The zero-order valence-corrected chi connectivity index (χ0v) is 12.5. The quantitative estimate of drug-likeness (QED) is 0.921. The highest BCUT2D eigenvalue weighted by Crippen LogP contribution is 2.29. The van der Waals surface area contributed by atoms with Gasteiger partial charge in [-0.05, 0) is 49.4 Å². The summed E-state index contributed by atoms with van der Waals surface area (Å²) in [6.07, 6.45) is -2.21. The number of benzene rings is 1. The molecule has 126 valence electrons. The van der Waals surface area contributed by atoms with Gasteiger partial charge in [0.15, 0.2) is 0 Å². The first-order valence-electron chi connectivity index (χ1n) is 7.45. The second-order valence-electron chi connectivity index (χ2n) is 5.77. The Hall–Kier alpha value is -2.05. The van der Waals surface area contributed by atoms with Crippen LogP contribution >= 0.6 is 0 Å². The molecule has 1 aliphatic heterocycles. The highest BCUT2D eigenvalue weighted by molar-refractivity contribution is 5.94. The first kappa shape index (κ1) is 17.3. The van der Waals surface area contributed by atoms with Crippen LogP contribution in [0.4, 0.5) is 13.2 Å². The summed E-state index contributed by atoms with van der Waals surface area (Å²) in [5.74, 6) is -1.05. The third-order valence-electron chi connectivity index (χ3n) is 4.03. The summed E-state index contributed by atoms with van der Waals surface area (Å²) >= 11 is 0. The Morgan fingerprint density at radius 1 is 1.22 bits per heavy atom. The van der Waals surface area contributed by atoms with Gasteiger partial charge >= 0.3 is 12.1 Å². The van der Waals surface area contributed by atoms with Crippen molar-refractivity contribution in [1.82, 2.24) is 4.90 Å². The van der Waals surface area contributed by atoms with Crippen LogP contribution in [0.2, 0.25) is 0 Å². The van der Waals surface area contributed by atoms with Gasteiger partial charge in [-0.15, -0.1) is 0 Å². The number of likely N-dealkylation sites (tertiary alicyclic amines) is 1.